The van der Waals surface area contributed by atoms with E-state index in [1.165, 1.54) is 0 Å². The lowest BCUT2D eigenvalue weighted by Gasteiger charge is -2.12. The highest BCUT2D eigenvalue weighted by molar-refractivity contribution is 6.31. The molecule has 0 saturated carbocycles. The number of anilines is 2. The van der Waals surface area contributed by atoms with Crippen LogP contribution < -0.4 is 10.6 Å². The number of nitrogens with one attached hydrogen (secondary N) is 2. The van der Waals surface area contributed by atoms with Crippen molar-refractivity contribution in [1.29, 1.82) is 0 Å². The molecule has 0 fully saturated rings. The van der Waals surface area contributed by atoms with E-state index in [4.69, 9.17) is 11.6 Å². The number of carbonyl (C=O) groups is 1. The number of benzene rings is 2. The van der Waals surface area contributed by atoms with Crippen LogP contribution in [0.4, 0.5) is 11.6 Å². The van der Waals surface area contributed by atoms with Crippen LogP contribution in [0.5, 0.6) is 0 Å². The van der Waals surface area contributed by atoms with E-state index in [9.17, 15) is 4.79 Å². The molecule has 1 heterocycles. The number of aromatic nitrogens is 2. The average Bonchev–Trinajstić information content (AvgIpc) is 2.64. The second-order valence-electron chi connectivity index (χ2n) is 6.36. The number of carbonyl (C=O) groups excluding carboxylic acids is 1. The molecule has 3 aromatic rings. The lowest BCUT2D eigenvalue weighted by Crippen LogP contribution is -2.17. The molecule has 0 aliphatic carbocycles. The molecular weight excluding hydrogens is 360 g/mol. The molecular formula is C21H21ClN4O. The van der Waals surface area contributed by atoms with Crippen molar-refractivity contribution in [2.75, 3.05) is 10.6 Å². The van der Waals surface area contributed by atoms with Crippen molar-refractivity contribution in [3.63, 3.8) is 0 Å². The minimum Gasteiger partial charge on any atom is -0.350 e. The molecule has 1 amide bonds. The number of aryl methyl sites for hydroxylation is 2. The minimum absolute atomic E-state index is 0.269. The summed E-state index contributed by atoms with van der Waals surface area (Å²) >= 11 is 6.18. The van der Waals surface area contributed by atoms with Gasteiger partial charge in [0.25, 0.3) is 5.91 Å². The Hall–Kier alpha value is -2.92. The Bertz CT molecular complexity index is 988. The van der Waals surface area contributed by atoms with Crippen LogP contribution in [0.3, 0.4) is 0 Å². The fraction of sp³-hybridized carbons (Fsp3) is 0.190. The third-order valence-electron chi connectivity index (χ3n) is 4.33. The van der Waals surface area contributed by atoms with Gasteiger partial charge in [0.2, 0.25) is 5.95 Å². The summed E-state index contributed by atoms with van der Waals surface area (Å²) in [7, 11) is 0. The van der Waals surface area contributed by atoms with E-state index in [2.05, 4.69) is 20.6 Å². The Morgan fingerprint density at radius 2 is 1.81 bits per heavy atom. The van der Waals surface area contributed by atoms with Gasteiger partial charge in [-0.2, -0.15) is 0 Å². The predicted octanol–water partition coefficient (Wildman–Crippen LogP) is 4.92. The van der Waals surface area contributed by atoms with Crippen molar-refractivity contribution in [2.45, 2.75) is 27.3 Å². The molecule has 0 aliphatic rings. The van der Waals surface area contributed by atoms with Crippen LogP contribution in [0.1, 0.15) is 32.9 Å². The first-order chi connectivity index (χ1) is 12.9. The van der Waals surface area contributed by atoms with Gasteiger partial charge in [0, 0.05) is 22.9 Å². The van der Waals surface area contributed by atoms with E-state index in [1.54, 1.807) is 6.07 Å². The van der Waals surface area contributed by atoms with Gasteiger partial charge < -0.3 is 10.6 Å². The predicted molar refractivity (Wildman–Crippen MR) is 109 cm³/mol. The maximum absolute atomic E-state index is 12.7. The van der Waals surface area contributed by atoms with Crippen molar-refractivity contribution in [3.05, 3.63) is 81.6 Å². The van der Waals surface area contributed by atoms with Crippen LogP contribution in [0.25, 0.3) is 0 Å². The molecule has 2 aromatic carbocycles. The van der Waals surface area contributed by atoms with Gasteiger partial charge in [-0.3, -0.25) is 4.79 Å². The van der Waals surface area contributed by atoms with Crippen molar-refractivity contribution in [1.82, 2.24) is 9.97 Å². The van der Waals surface area contributed by atoms with E-state index in [-0.39, 0.29) is 5.91 Å². The number of hydrogen-bond donors (Lipinski definition) is 2. The van der Waals surface area contributed by atoms with E-state index >= 15 is 0 Å². The summed E-state index contributed by atoms with van der Waals surface area (Å²) in [5, 5.41) is 6.73. The normalized spacial score (nSPS) is 10.5. The maximum atomic E-state index is 12.7. The van der Waals surface area contributed by atoms with Gasteiger partial charge >= 0.3 is 0 Å². The molecule has 0 aliphatic heterocycles. The molecule has 0 atom stereocenters. The first kappa shape index (κ1) is 18.9. The Kier molecular flexibility index (Phi) is 5.72. The molecule has 138 valence electrons. The van der Waals surface area contributed by atoms with Gasteiger partial charge in [0.1, 0.15) is 5.69 Å². The summed E-state index contributed by atoms with van der Waals surface area (Å²) in [4.78, 5) is 21.4. The smallest absolute Gasteiger partial charge is 0.274 e. The highest BCUT2D eigenvalue weighted by Crippen LogP contribution is 2.19. The second-order valence-corrected chi connectivity index (χ2v) is 6.77. The lowest BCUT2D eigenvalue weighted by molar-refractivity contribution is 0.102. The van der Waals surface area contributed by atoms with E-state index in [0.29, 0.717) is 28.9 Å². The Labute approximate surface area is 163 Å². The number of nitrogens with zero attached hydrogens (tertiary/aromatic N) is 2. The molecule has 1 aromatic heterocycles. The molecule has 0 unspecified atom stereocenters. The van der Waals surface area contributed by atoms with Gasteiger partial charge in [0.05, 0.1) is 0 Å². The summed E-state index contributed by atoms with van der Waals surface area (Å²) in [5.74, 6) is 0.121. The number of halogens is 1. The van der Waals surface area contributed by atoms with Gasteiger partial charge in [-0.05, 0) is 55.7 Å². The zero-order valence-electron chi connectivity index (χ0n) is 15.5. The van der Waals surface area contributed by atoms with Crippen LogP contribution in [0.15, 0.2) is 48.5 Å². The number of rotatable bonds is 5. The largest absolute Gasteiger partial charge is 0.350 e. The van der Waals surface area contributed by atoms with Crippen molar-refractivity contribution < 1.29 is 4.79 Å². The quantitative estimate of drug-likeness (QED) is 0.659. The van der Waals surface area contributed by atoms with Crippen LogP contribution in [-0.4, -0.2) is 15.9 Å². The molecule has 2 N–H and O–H groups in total. The van der Waals surface area contributed by atoms with Gasteiger partial charge in [-0.15, -0.1) is 0 Å². The third-order valence-corrected chi connectivity index (χ3v) is 4.70. The Morgan fingerprint density at radius 3 is 2.59 bits per heavy atom. The molecule has 0 bridgehead atoms. The van der Waals surface area contributed by atoms with Crippen LogP contribution in [0, 0.1) is 20.8 Å². The molecule has 27 heavy (non-hydrogen) atoms. The summed E-state index contributed by atoms with van der Waals surface area (Å²) < 4.78 is 0. The van der Waals surface area contributed by atoms with Crippen molar-refractivity contribution in [3.8, 4) is 0 Å². The van der Waals surface area contributed by atoms with Crippen LogP contribution >= 0.6 is 11.6 Å². The standard InChI is InChI=1S/C21H21ClN4O/c1-13-7-6-10-18(15(13)3)25-20(27)19-11-14(2)24-21(26-19)23-12-16-8-4-5-9-17(16)22/h4-11H,12H2,1-3H3,(H,25,27)(H,23,24,26). The summed E-state index contributed by atoms with van der Waals surface area (Å²) in [6.45, 7) is 6.29. The summed E-state index contributed by atoms with van der Waals surface area (Å²) in [5.41, 5.74) is 4.89. The van der Waals surface area contributed by atoms with E-state index < -0.39 is 0 Å². The Morgan fingerprint density at radius 1 is 1.04 bits per heavy atom. The SMILES string of the molecule is Cc1cc(C(=O)Nc2cccc(C)c2C)nc(NCc2ccccc2Cl)n1. The number of amides is 1. The van der Waals surface area contributed by atoms with Crippen molar-refractivity contribution in [2.24, 2.45) is 0 Å². The highest BCUT2D eigenvalue weighted by atomic mass is 35.5. The molecule has 3 rings (SSSR count). The van der Waals surface area contributed by atoms with Gasteiger partial charge in [-0.25, -0.2) is 9.97 Å². The monoisotopic (exact) mass is 380 g/mol. The van der Waals surface area contributed by atoms with Gasteiger partial charge in [0.15, 0.2) is 0 Å². The lowest BCUT2D eigenvalue weighted by atomic mass is 10.1. The first-order valence-corrected chi connectivity index (χ1v) is 9.02. The van der Waals surface area contributed by atoms with Crippen molar-refractivity contribution >= 4 is 29.1 Å². The second kappa shape index (κ2) is 8.18. The zero-order chi connectivity index (χ0) is 19.4. The topological polar surface area (TPSA) is 66.9 Å². The van der Waals surface area contributed by atoms with E-state index in [1.807, 2.05) is 63.2 Å². The third kappa shape index (κ3) is 4.63. The highest BCUT2D eigenvalue weighted by Gasteiger charge is 2.13. The first-order valence-electron chi connectivity index (χ1n) is 8.64. The zero-order valence-corrected chi connectivity index (χ0v) is 16.3. The van der Waals surface area contributed by atoms with Gasteiger partial charge in [-0.1, -0.05) is 41.9 Å². The fourth-order valence-electron chi connectivity index (χ4n) is 2.65. The minimum atomic E-state index is -0.269. The fourth-order valence-corrected chi connectivity index (χ4v) is 2.86. The molecule has 0 spiro atoms. The van der Waals surface area contributed by atoms with Crippen LogP contribution in [0.2, 0.25) is 5.02 Å². The molecule has 0 radical (unpaired) electrons. The average molecular weight is 381 g/mol. The summed E-state index contributed by atoms with van der Waals surface area (Å²) in [6.07, 6.45) is 0. The molecule has 5 nitrogen and oxygen atoms in total. The maximum Gasteiger partial charge on any atom is 0.274 e. The summed E-state index contributed by atoms with van der Waals surface area (Å²) in [6, 6.07) is 15.0. The number of hydrogen-bond acceptors (Lipinski definition) is 4. The van der Waals surface area contributed by atoms with Crippen LogP contribution in [-0.2, 0) is 6.54 Å². The molecule has 6 heteroatoms. The van der Waals surface area contributed by atoms with E-state index in [0.717, 1.165) is 22.4 Å². The Balaban J connectivity index is 1.77. The molecule has 0 saturated heterocycles.